The average molecular weight is 623 g/mol. The summed E-state index contributed by atoms with van der Waals surface area (Å²) in [6.07, 6.45) is 0.794. The molecule has 1 aliphatic heterocycles. The van der Waals surface area contributed by atoms with E-state index in [1.54, 1.807) is 22.3 Å². The molecule has 2 aliphatic carbocycles. The summed E-state index contributed by atoms with van der Waals surface area (Å²) < 4.78 is 59.6. The van der Waals surface area contributed by atoms with E-state index in [0.29, 0.717) is 32.0 Å². The normalized spacial score (nSPS) is 19.0. The number of alkyl halides is 3. The van der Waals surface area contributed by atoms with Gasteiger partial charge in [0.1, 0.15) is 24.1 Å². The minimum atomic E-state index is -4.57. The molecule has 2 heterocycles. The highest BCUT2D eigenvalue weighted by atomic mass is 19.4. The number of carbonyl (C=O) groups excluding carboxylic acids is 3. The van der Waals surface area contributed by atoms with E-state index in [1.165, 1.54) is 19.1 Å². The van der Waals surface area contributed by atoms with Crippen LogP contribution in [0.5, 0.6) is 0 Å². The maximum atomic E-state index is 15.2. The van der Waals surface area contributed by atoms with Gasteiger partial charge in [-0.05, 0) is 74.1 Å². The summed E-state index contributed by atoms with van der Waals surface area (Å²) in [4.78, 5) is 41.6. The molecule has 0 spiro atoms. The van der Waals surface area contributed by atoms with Crippen LogP contribution in [0.2, 0.25) is 0 Å². The van der Waals surface area contributed by atoms with Crippen molar-refractivity contribution < 1.29 is 36.7 Å². The predicted octanol–water partition coefficient (Wildman–Crippen LogP) is 3.31. The van der Waals surface area contributed by atoms with E-state index < -0.39 is 48.2 Å². The van der Waals surface area contributed by atoms with E-state index in [4.69, 9.17) is 4.74 Å². The number of morpholine rings is 1. The van der Waals surface area contributed by atoms with Crippen LogP contribution >= 0.6 is 0 Å². The molecule has 1 aromatic heterocycles. The lowest BCUT2D eigenvalue weighted by Crippen LogP contribution is -2.50. The molecule has 2 atom stereocenters. The fourth-order valence-corrected chi connectivity index (χ4v) is 5.81. The number of aromatic nitrogens is 2. The summed E-state index contributed by atoms with van der Waals surface area (Å²) in [5.74, 6) is -3.31. The van der Waals surface area contributed by atoms with Crippen LogP contribution in [0.25, 0.3) is 0 Å². The van der Waals surface area contributed by atoms with Crippen LogP contribution in [0.3, 0.4) is 0 Å². The van der Waals surface area contributed by atoms with E-state index in [2.05, 4.69) is 20.6 Å². The molecule has 1 saturated heterocycles. The zero-order chi connectivity index (χ0) is 31.4. The van der Waals surface area contributed by atoms with Crippen molar-refractivity contribution in [3.8, 4) is 0 Å². The first-order valence-electron chi connectivity index (χ1n) is 15.1. The fourth-order valence-electron chi connectivity index (χ4n) is 5.81. The van der Waals surface area contributed by atoms with Crippen LogP contribution in [-0.2, 0) is 20.9 Å². The molecule has 3 amide bonds. The van der Waals surface area contributed by atoms with Crippen molar-refractivity contribution in [2.75, 3.05) is 44.7 Å². The third-order valence-corrected chi connectivity index (χ3v) is 8.57. The second-order valence-corrected chi connectivity index (χ2v) is 11.9. The van der Waals surface area contributed by atoms with Crippen molar-refractivity contribution in [2.24, 2.45) is 17.8 Å². The molecule has 240 valence electrons. The monoisotopic (exact) mass is 622 g/mol. The minimum absolute atomic E-state index is 0.0941. The zero-order valence-corrected chi connectivity index (χ0v) is 24.5. The molecular formula is C30H38F4N6O4. The largest absolute Gasteiger partial charge is 0.405 e. The number of ether oxygens (including phenoxy) is 1. The lowest BCUT2D eigenvalue weighted by molar-refractivity contribution is -0.139. The van der Waals surface area contributed by atoms with Crippen molar-refractivity contribution in [3.05, 3.63) is 47.5 Å². The Labute approximate surface area is 252 Å². The number of anilines is 1. The van der Waals surface area contributed by atoms with Gasteiger partial charge in [-0.3, -0.25) is 24.0 Å². The molecule has 2 aromatic rings. The van der Waals surface area contributed by atoms with E-state index in [0.717, 1.165) is 44.8 Å². The number of amides is 3. The Kier molecular flexibility index (Phi) is 9.88. The van der Waals surface area contributed by atoms with Crippen molar-refractivity contribution in [1.82, 2.24) is 25.3 Å². The summed E-state index contributed by atoms with van der Waals surface area (Å²) in [6.45, 7) is 3.99. The number of hydrogen-bond donors (Lipinski definition) is 3. The first-order valence-corrected chi connectivity index (χ1v) is 15.1. The highest BCUT2D eigenvalue weighted by Gasteiger charge is 2.48. The fraction of sp³-hybridized carbons (Fsp3) is 0.600. The Bertz CT molecular complexity index is 1330. The van der Waals surface area contributed by atoms with Crippen molar-refractivity contribution in [2.45, 2.75) is 57.3 Å². The summed E-state index contributed by atoms with van der Waals surface area (Å²) >= 11 is 0. The number of rotatable bonds is 13. The Morgan fingerprint density at radius 2 is 1.70 bits per heavy atom. The minimum Gasteiger partial charge on any atom is -0.379 e. The van der Waals surface area contributed by atoms with Gasteiger partial charge < -0.3 is 20.7 Å². The summed E-state index contributed by atoms with van der Waals surface area (Å²) in [7, 11) is 0. The number of nitrogens with one attached hydrogen (secondary N) is 3. The number of hydrogen-bond acceptors (Lipinski definition) is 6. The van der Waals surface area contributed by atoms with E-state index in [-0.39, 0.29) is 29.0 Å². The van der Waals surface area contributed by atoms with Crippen LogP contribution in [0.4, 0.5) is 23.2 Å². The Morgan fingerprint density at radius 3 is 2.32 bits per heavy atom. The molecule has 0 radical (unpaired) electrons. The third-order valence-electron chi connectivity index (χ3n) is 8.57. The molecule has 3 fully saturated rings. The van der Waals surface area contributed by atoms with Crippen LogP contribution in [0.15, 0.2) is 30.5 Å². The molecular weight excluding hydrogens is 584 g/mol. The molecule has 2 unspecified atom stereocenters. The molecule has 44 heavy (non-hydrogen) atoms. The molecule has 14 heteroatoms. The number of carbonyl (C=O) groups is 3. The van der Waals surface area contributed by atoms with Gasteiger partial charge in [-0.2, -0.15) is 18.3 Å². The highest BCUT2D eigenvalue weighted by molar-refractivity contribution is 6.01. The van der Waals surface area contributed by atoms with Crippen LogP contribution in [0.1, 0.15) is 54.6 Å². The molecule has 10 nitrogen and oxygen atoms in total. The van der Waals surface area contributed by atoms with Crippen molar-refractivity contribution in [3.63, 3.8) is 0 Å². The van der Waals surface area contributed by atoms with Gasteiger partial charge in [0.15, 0.2) is 0 Å². The van der Waals surface area contributed by atoms with Crippen molar-refractivity contribution in [1.29, 1.82) is 0 Å². The molecule has 3 N–H and O–H groups in total. The predicted molar refractivity (Wildman–Crippen MR) is 152 cm³/mol. The number of nitrogens with zero attached hydrogens (tertiary/aromatic N) is 3. The maximum absolute atomic E-state index is 15.2. The first kappa shape index (κ1) is 31.9. The van der Waals surface area contributed by atoms with Gasteiger partial charge in [-0.15, -0.1) is 0 Å². The van der Waals surface area contributed by atoms with Crippen LogP contribution in [-0.4, -0.2) is 84.0 Å². The van der Waals surface area contributed by atoms with Gasteiger partial charge >= 0.3 is 6.18 Å². The molecule has 0 bridgehead atoms. The summed E-state index contributed by atoms with van der Waals surface area (Å²) in [5.41, 5.74) is 0.334. The molecule has 2 saturated carbocycles. The Hall–Kier alpha value is -3.52. The summed E-state index contributed by atoms with van der Waals surface area (Å²) in [5, 5.41) is 11.7. The van der Waals surface area contributed by atoms with Gasteiger partial charge in [-0.25, -0.2) is 4.39 Å². The molecule has 5 rings (SSSR count). The molecule has 1 aromatic carbocycles. The Morgan fingerprint density at radius 1 is 1.02 bits per heavy atom. The van der Waals surface area contributed by atoms with Gasteiger partial charge in [0, 0.05) is 25.8 Å². The van der Waals surface area contributed by atoms with Gasteiger partial charge in [-0.1, -0.05) is 6.07 Å². The van der Waals surface area contributed by atoms with Crippen LogP contribution in [0, 0.1) is 23.6 Å². The lowest BCUT2D eigenvalue weighted by atomic mass is 9.88. The van der Waals surface area contributed by atoms with E-state index in [9.17, 15) is 27.6 Å². The molecule has 3 aliphatic rings. The van der Waals surface area contributed by atoms with E-state index >= 15 is 4.39 Å². The standard InChI is InChI=1S/C30H38F4N6O4/c1-18(27(41)35-17-30(32,33)34)21-6-7-23(22(31)16-21)37-29(43)26(25(19-2-3-19)20-4-5-20)38-28(42)24-8-9-36-40(24)11-10-39-12-14-44-15-13-39/h6-9,16,18-20,25-26H,2-5,10-15,17H2,1H3,(H,35,41)(H,37,43)(H,38,42). The Balaban J connectivity index is 1.27. The topological polar surface area (TPSA) is 118 Å². The maximum Gasteiger partial charge on any atom is 0.405 e. The third kappa shape index (κ3) is 8.35. The van der Waals surface area contributed by atoms with Crippen molar-refractivity contribution >= 4 is 23.4 Å². The second-order valence-electron chi connectivity index (χ2n) is 11.9. The zero-order valence-electron chi connectivity index (χ0n) is 24.5. The van der Waals surface area contributed by atoms with Crippen LogP contribution < -0.4 is 16.0 Å². The SMILES string of the molecule is CC(C(=O)NCC(F)(F)F)c1ccc(NC(=O)C(NC(=O)c2ccnn2CCN2CCOCC2)C(C2CC2)C2CC2)c(F)c1. The number of halogens is 4. The highest BCUT2D eigenvalue weighted by Crippen LogP contribution is 2.51. The average Bonchev–Trinajstić information content (AvgIpc) is 3.94. The number of benzene rings is 1. The smallest absolute Gasteiger partial charge is 0.379 e. The quantitative estimate of drug-likeness (QED) is 0.295. The van der Waals surface area contributed by atoms with E-state index in [1.807, 2.05) is 0 Å². The van der Waals surface area contributed by atoms with Gasteiger partial charge in [0.05, 0.1) is 31.4 Å². The lowest BCUT2D eigenvalue weighted by Gasteiger charge is -2.28. The summed E-state index contributed by atoms with van der Waals surface area (Å²) in [6, 6.07) is 4.39. The first-order chi connectivity index (χ1) is 21.0. The van der Waals surface area contributed by atoms with Gasteiger partial charge in [0.2, 0.25) is 11.8 Å². The van der Waals surface area contributed by atoms with Gasteiger partial charge in [0.25, 0.3) is 5.91 Å². The second kappa shape index (κ2) is 13.6.